The number of hydrogen-bond donors (Lipinski definition) is 3. The molecule has 6 nitrogen and oxygen atoms in total. The number of hydrogen-bond acceptors (Lipinski definition) is 4. The first-order chi connectivity index (χ1) is 25.0. The van der Waals surface area contributed by atoms with Gasteiger partial charge in [0, 0.05) is 12.8 Å². The lowest BCUT2D eigenvalue weighted by molar-refractivity contribution is -0.121. The summed E-state index contributed by atoms with van der Waals surface area (Å²) in [7, 11) is -2.12. The maximum Gasteiger partial charge on any atom is 0.582 e. The highest BCUT2D eigenvalue weighted by Crippen LogP contribution is 2.28. The van der Waals surface area contributed by atoms with Crippen molar-refractivity contribution in [3.63, 3.8) is 0 Å². The fourth-order valence-electron chi connectivity index (χ4n) is 6.93. The van der Waals surface area contributed by atoms with Crippen LogP contribution in [-0.4, -0.2) is 31.0 Å². The van der Waals surface area contributed by atoms with E-state index in [1.54, 1.807) is 0 Å². The monoisotopic (exact) mass is 758 g/mol. The van der Waals surface area contributed by atoms with Gasteiger partial charge in [-0.3, -0.25) is 9.59 Å². The maximum atomic E-state index is 12.4. The number of amides is 2. The van der Waals surface area contributed by atoms with Crippen molar-refractivity contribution < 1.29 is 18.7 Å². The van der Waals surface area contributed by atoms with Crippen molar-refractivity contribution in [1.82, 2.24) is 10.6 Å². The minimum atomic E-state index is -2.12. The summed E-state index contributed by atoms with van der Waals surface area (Å²) in [5.74, 6) is -0.0393. The Hall–Kier alpha value is -0.650. The lowest BCUT2D eigenvalue weighted by atomic mass is 10.0. The van der Waals surface area contributed by atoms with Gasteiger partial charge in [-0.1, -0.05) is 219 Å². The van der Waals surface area contributed by atoms with Crippen LogP contribution >= 0.6 is 19.5 Å². The van der Waals surface area contributed by atoms with Gasteiger partial charge >= 0.3 is 7.23 Å². The number of thiol groups is 1. The van der Waals surface area contributed by atoms with Crippen LogP contribution in [0.4, 0.5) is 0 Å². The average molecular weight is 758 g/mol. The second-order valence-electron chi connectivity index (χ2n) is 15.4. The Morgan fingerprint density at radius 2 is 0.647 bits per heavy atom. The lowest BCUT2D eigenvalue weighted by Crippen LogP contribution is -2.40. The Morgan fingerprint density at radius 1 is 0.431 bits per heavy atom. The Balaban J connectivity index is 3.65. The third-order valence-corrected chi connectivity index (χ3v) is 11.1. The second-order valence-corrected chi connectivity index (χ2v) is 17.1. The Bertz CT molecular complexity index is 718. The molecule has 0 rings (SSSR count). The molecule has 0 fully saturated rings. The van der Waals surface area contributed by atoms with Crippen LogP contribution in [0.2, 0.25) is 0 Å². The van der Waals surface area contributed by atoms with Crippen LogP contribution in [0, 0.1) is 0 Å². The van der Waals surface area contributed by atoms with Crippen molar-refractivity contribution in [2.24, 2.45) is 0 Å². The van der Waals surface area contributed by atoms with Crippen LogP contribution < -0.4 is 10.6 Å². The van der Waals surface area contributed by atoms with E-state index in [-0.39, 0.29) is 24.9 Å². The number of unbranched alkanes of at least 4 members (excludes halogenated alkanes) is 32. The molecule has 51 heavy (non-hydrogen) atoms. The molecule has 0 saturated carbocycles. The molecule has 1 atom stereocenters. The van der Waals surface area contributed by atoms with E-state index in [0.717, 1.165) is 25.7 Å². The van der Waals surface area contributed by atoms with E-state index in [9.17, 15) is 14.2 Å². The molecule has 0 saturated heterocycles. The second kappa shape index (κ2) is 42.1. The number of nitrogens with one attached hydrogen (secondary N) is 2. The van der Waals surface area contributed by atoms with E-state index in [4.69, 9.17) is 4.52 Å². The predicted molar refractivity (Wildman–Crippen MR) is 225 cm³/mol. The van der Waals surface area contributed by atoms with Crippen molar-refractivity contribution in [2.75, 3.05) is 13.1 Å². The zero-order chi connectivity index (χ0) is 37.3. The molecule has 0 radical (unpaired) electrons. The third kappa shape index (κ3) is 42.0. The molecule has 0 aliphatic heterocycles. The van der Waals surface area contributed by atoms with Crippen LogP contribution in [0.15, 0.2) is 0 Å². The predicted octanol–water partition coefficient (Wildman–Crippen LogP) is 14.3. The van der Waals surface area contributed by atoms with E-state index in [2.05, 4.69) is 36.7 Å². The molecule has 302 valence electrons. The van der Waals surface area contributed by atoms with Gasteiger partial charge in [0.05, 0.1) is 13.1 Å². The fraction of sp³-hybridized carbons (Fsp3) is 0.953. The Kier molecular flexibility index (Phi) is 41.6. The van der Waals surface area contributed by atoms with Gasteiger partial charge in [0.1, 0.15) is 18.4 Å². The summed E-state index contributed by atoms with van der Waals surface area (Å²) in [6, 6.07) is 0. The minimum absolute atomic E-state index is 0.0197. The van der Waals surface area contributed by atoms with Gasteiger partial charge in [-0.05, 0) is 17.4 Å². The minimum Gasteiger partial charge on any atom is -0.353 e. The summed E-state index contributed by atoms with van der Waals surface area (Å²) in [5, 5.41) is 5.78. The van der Waals surface area contributed by atoms with E-state index in [1.807, 2.05) is 0 Å². The van der Waals surface area contributed by atoms with Gasteiger partial charge in [0.2, 0.25) is 11.8 Å². The van der Waals surface area contributed by atoms with Gasteiger partial charge in [0.25, 0.3) is 0 Å². The fourth-order valence-corrected chi connectivity index (χ4v) is 7.73. The topological polar surface area (TPSA) is 84.5 Å². The van der Waals surface area contributed by atoms with Gasteiger partial charge in [-0.25, -0.2) is 0 Å². The van der Waals surface area contributed by atoms with Gasteiger partial charge in [0.15, 0.2) is 0 Å². The molecule has 0 bridgehead atoms. The molecule has 0 spiro atoms. The highest BCUT2D eigenvalue weighted by atomic mass is 32.7. The largest absolute Gasteiger partial charge is 0.582 e. The first kappa shape index (κ1) is 50.4. The van der Waals surface area contributed by atoms with Crippen molar-refractivity contribution in [1.29, 1.82) is 0 Å². The summed E-state index contributed by atoms with van der Waals surface area (Å²) in [6.07, 6.45) is 45.3. The smallest absolute Gasteiger partial charge is 0.353 e. The third-order valence-electron chi connectivity index (χ3n) is 10.3. The molecule has 0 aromatic heterocycles. The summed E-state index contributed by atoms with van der Waals surface area (Å²) in [6.45, 7) is 5.00. The summed E-state index contributed by atoms with van der Waals surface area (Å²) in [4.78, 5) is 24.7. The first-order valence-corrected chi connectivity index (χ1v) is 24.7. The van der Waals surface area contributed by atoms with Crippen molar-refractivity contribution in [3.05, 3.63) is 0 Å². The number of carbonyl (C=O) groups excluding carboxylic acids is 2. The Morgan fingerprint density at radius 3 is 0.863 bits per heavy atom. The normalized spacial score (nSPS) is 11.7. The molecule has 0 aliphatic carbocycles. The molecule has 2 amide bonds. The van der Waals surface area contributed by atoms with Crippen LogP contribution in [0.3, 0.4) is 0 Å². The molecule has 0 aliphatic rings. The van der Waals surface area contributed by atoms with E-state index >= 15 is 0 Å². The van der Waals surface area contributed by atoms with E-state index < -0.39 is 13.3 Å². The van der Waals surface area contributed by atoms with Crippen LogP contribution in [0.5, 0.6) is 0 Å². The highest BCUT2D eigenvalue weighted by Gasteiger charge is 2.22. The highest BCUT2D eigenvalue weighted by molar-refractivity contribution is 8.39. The quantitative estimate of drug-likeness (QED) is 0.0329. The van der Waals surface area contributed by atoms with Crippen LogP contribution in [0.1, 0.15) is 245 Å². The van der Waals surface area contributed by atoms with Crippen molar-refractivity contribution in [2.45, 2.75) is 251 Å². The molecular formula is C43H86N2O4PS+. The summed E-state index contributed by atoms with van der Waals surface area (Å²) in [5.41, 5.74) is 0. The zero-order valence-electron chi connectivity index (χ0n) is 34.0. The van der Waals surface area contributed by atoms with Crippen molar-refractivity contribution in [3.8, 4) is 0 Å². The van der Waals surface area contributed by atoms with Gasteiger partial charge < -0.3 is 10.6 Å². The van der Waals surface area contributed by atoms with Crippen molar-refractivity contribution >= 4 is 31.3 Å². The van der Waals surface area contributed by atoms with Crippen LogP contribution in [-0.2, 0) is 18.7 Å². The molecule has 8 heteroatoms. The van der Waals surface area contributed by atoms with Gasteiger partial charge in [-0.15, -0.1) is 4.52 Å². The lowest BCUT2D eigenvalue weighted by Gasteiger charge is -2.13. The molecular weight excluding hydrogens is 672 g/mol. The van der Waals surface area contributed by atoms with Gasteiger partial charge in [-0.2, -0.15) is 0 Å². The average Bonchev–Trinajstić information content (AvgIpc) is 3.11. The first-order valence-electron chi connectivity index (χ1n) is 22.4. The van der Waals surface area contributed by atoms with Crippen LogP contribution in [0.25, 0.3) is 0 Å². The molecule has 2 N–H and O–H groups in total. The molecule has 1 unspecified atom stereocenters. The zero-order valence-corrected chi connectivity index (χ0v) is 35.8. The maximum absolute atomic E-state index is 12.4. The standard InChI is InChI=1S/C43H85N2O4PS/c1-3-5-7-9-11-13-15-17-19-21-23-25-27-29-31-33-35-37-42(46)44-39-41(49-50(48)51)40-45-43(47)38-36-34-32-30-28-26-24-22-20-18-16-14-12-10-8-6-4-2/h41H,3-40H2,1-2H3,(H2-,44,45,46,47,48,51)/p+1. The summed E-state index contributed by atoms with van der Waals surface area (Å²) < 4.78 is 17.0. The number of rotatable bonds is 42. The summed E-state index contributed by atoms with van der Waals surface area (Å²) >= 11 is 3.88. The van der Waals surface area contributed by atoms with E-state index in [1.165, 1.54) is 193 Å². The molecule has 0 aromatic rings. The Labute approximate surface area is 323 Å². The molecule has 0 heterocycles. The number of carbonyl (C=O) groups is 2. The SMILES string of the molecule is CCCCCCCCCCCCCCCCCCCC(=O)NCC(CNC(=O)CCCCCCCCCCCCCCCCCCC)O[P+](=O)S. The molecule has 0 aromatic carbocycles. The van der Waals surface area contributed by atoms with E-state index in [0.29, 0.717) is 12.8 Å².